The standard InChI is InChI=1S/C8H15NO5/c1-4(11)8(14)7(6(13)3-10)9-5(2)12/h3-4,6-8,11,13-14H,1-2H3,(H,9,12)/t4-,6+,7-,8+/m0/s1. The van der Waals surface area contributed by atoms with Crippen molar-refractivity contribution in [2.75, 3.05) is 0 Å². The van der Waals surface area contributed by atoms with Crippen molar-refractivity contribution in [3.8, 4) is 0 Å². The third-order valence-electron chi connectivity index (χ3n) is 1.74. The van der Waals surface area contributed by atoms with Crippen LogP contribution in [0, 0.1) is 0 Å². The molecule has 6 heteroatoms. The Morgan fingerprint density at radius 1 is 1.36 bits per heavy atom. The SMILES string of the molecule is CC(=O)N[C@H]([C@H](O)[C@H](C)O)[C@H](O)C=O. The molecule has 0 aromatic carbocycles. The largest absolute Gasteiger partial charge is 0.391 e. The minimum atomic E-state index is -1.54. The van der Waals surface area contributed by atoms with Crippen molar-refractivity contribution in [1.29, 1.82) is 0 Å². The minimum absolute atomic E-state index is 0.187. The first-order valence-corrected chi connectivity index (χ1v) is 4.16. The molecule has 0 saturated heterocycles. The van der Waals surface area contributed by atoms with Crippen molar-refractivity contribution in [3.63, 3.8) is 0 Å². The maximum atomic E-state index is 10.7. The van der Waals surface area contributed by atoms with E-state index in [0.29, 0.717) is 0 Å². The molecule has 0 rings (SSSR count). The van der Waals surface area contributed by atoms with Gasteiger partial charge < -0.3 is 25.4 Å². The fourth-order valence-electron chi connectivity index (χ4n) is 0.992. The van der Waals surface area contributed by atoms with Crippen molar-refractivity contribution in [1.82, 2.24) is 5.32 Å². The molecular formula is C8H15NO5. The van der Waals surface area contributed by atoms with E-state index in [2.05, 4.69) is 5.32 Å². The van der Waals surface area contributed by atoms with Crippen molar-refractivity contribution >= 4 is 12.2 Å². The van der Waals surface area contributed by atoms with Crippen LogP contribution < -0.4 is 5.32 Å². The maximum Gasteiger partial charge on any atom is 0.217 e. The lowest BCUT2D eigenvalue weighted by atomic mass is 10.0. The molecule has 1 amide bonds. The molecule has 0 unspecified atom stereocenters. The summed E-state index contributed by atoms with van der Waals surface area (Å²) in [7, 11) is 0. The predicted molar refractivity (Wildman–Crippen MR) is 47.4 cm³/mol. The second-order valence-electron chi connectivity index (χ2n) is 3.08. The zero-order chi connectivity index (χ0) is 11.3. The summed E-state index contributed by atoms with van der Waals surface area (Å²) in [4.78, 5) is 20.9. The summed E-state index contributed by atoms with van der Waals surface area (Å²) in [6.45, 7) is 2.47. The summed E-state index contributed by atoms with van der Waals surface area (Å²) in [6.07, 6.45) is -3.89. The number of hydrogen-bond acceptors (Lipinski definition) is 5. The average molecular weight is 205 g/mol. The summed E-state index contributed by atoms with van der Waals surface area (Å²) in [5.41, 5.74) is 0. The monoisotopic (exact) mass is 205 g/mol. The Kier molecular flexibility index (Phi) is 5.29. The van der Waals surface area contributed by atoms with Gasteiger partial charge in [-0.2, -0.15) is 0 Å². The van der Waals surface area contributed by atoms with Crippen molar-refractivity contribution in [2.45, 2.75) is 38.2 Å². The highest BCUT2D eigenvalue weighted by Crippen LogP contribution is 2.03. The van der Waals surface area contributed by atoms with E-state index in [1.807, 2.05) is 0 Å². The molecule has 0 aliphatic heterocycles. The summed E-state index contributed by atoms with van der Waals surface area (Å²) < 4.78 is 0. The second-order valence-corrected chi connectivity index (χ2v) is 3.08. The Morgan fingerprint density at radius 3 is 2.14 bits per heavy atom. The molecule has 0 aromatic heterocycles. The number of aliphatic hydroxyl groups excluding tert-OH is 3. The number of aldehydes is 1. The number of carbonyl (C=O) groups excluding carboxylic acids is 2. The van der Waals surface area contributed by atoms with Crippen LogP contribution in [0.1, 0.15) is 13.8 Å². The van der Waals surface area contributed by atoms with Gasteiger partial charge in [-0.25, -0.2) is 0 Å². The second kappa shape index (κ2) is 5.69. The minimum Gasteiger partial charge on any atom is -0.391 e. The number of nitrogens with one attached hydrogen (secondary N) is 1. The van der Waals surface area contributed by atoms with E-state index < -0.39 is 30.3 Å². The Morgan fingerprint density at radius 2 is 1.86 bits per heavy atom. The van der Waals surface area contributed by atoms with Crippen LogP contribution in [0.25, 0.3) is 0 Å². The van der Waals surface area contributed by atoms with E-state index in [-0.39, 0.29) is 6.29 Å². The molecule has 0 saturated carbocycles. The van der Waals surface area contributed by atoms with E-state index >= 15 is 0 Å². The maximum absolute atomic E-state index is 10.7. The first-order chi connectivity index (χ1) is 6.40. The smallest absolute Gasteiger partial charge is 0.217 e. The van der Waals surface area contributed by atoms with Crippen LogP contribution in [0.2, 0.25) is 0 Å². The summed E-state index contributed by atoms with van der Waals surface area (Å²) in [6, 6.07) is -1.19. The van der Waals surface area contributed by atoms with Crippen molar-refractivity contribution < 1.29 is 24.9 Å². The van der Waals surface area contributed by atoms with Gasteiger partial charge in [-0.3, -0.25) is 4.79 Å². The fraction of sp³-hybridized carbons (Fsp3) is 0.750. The van der Waals surface area contributed by atoms with Crippen LogP contribution in [0.3, 0.4) is 0 Å². The Bertz CT molecular complexity index is 206. The van der Waals surface area contributed by atoms with Crippen LogP contribution in [-0.2, 0) is 9.59 Å². The Balaban J connectivity index is 4.53. The number of hydrogen-bond donors (Lipinski definition) is 4. The van der Waals surface area contributed by atoms with Gasteiger partial charge >= 0.3 is 0 Å². The van der Waals surface area contributed by atoms with Gasteiger partial charge in [-0.15, -0.1) is 0 Å². The highest BCUT2D eigenvalue weighted by atomic mass is 16.3. The molecule has 6 nitrogen and oxygen atoms in total. The van der Waals surface area contributed by atoms with Crippen LogP contribution in [0.15, 0.2) is 0 Å². The van der Waals surface area contributed by atoms with Gasteiger partial charge in [0.15, 0.2) is 6.29 Å². The van der Waals surface area contributed by atoms with Crippen molar-refractivity contribution in [2.24, 2.45) is 0 Å². The molecule has 0 aromatic rings. The van der Waals surface area contributed by atoms with E-state index in [4.69, 9.17) is 10.2 Å². The Hall–Kier alpha value is -0.980. The summed E-state index contributed by atoms with van der Waals surface area (Å²) in [5, 5.41) is 29.7. The lowest BCUT2D eigenvalue weighted by Gasteiger charge is -2.26. The molecular weight excluding hydrogens is 190 g/mol. The molecule has 82 valence electrons. The fourth-order valence-corrected chi connectivity index (χ4v) is 0.992. The molecule has 0 radical (unpaired) electrons. The summed E-state index contributed by atoms with van der Waals surface area (Å²) >= 11 is 0. The summed E-state index contributed by atoms with van der Waals surface area (Å²) in [5.74, 6) is -0.504. The van der Waals surface area contributed by atoms with Crippen LogP contribution in [0.5, 0.6) is 0 Å². The molecule has 4 atom stereocenters. The van der Waals surface area contributed by atoms with Crippen LogP contribution in [-0.4, -0.2) is 51.9 Å². The van der Waals surface area contributed by atoms with E-state index in [1.54, 1.807) is 0 Å². The highest BCUT2D eigenvalue weighted by Gasteiger charge is 2.30. The first kappa shape index (κ1) is 13.0. The number of aliphatic hydroxyl groups is 3. The van der Waals surface area contributed by atoms with Gasteiger partial charge in [0.2, 0.25) is 5.91 Å². The number of rotatable bonds is 5. The molecule has 0 aliphatic rings. The zero-order valence-electron chi connectivity index (χ0n) is 8.04. The average Bonchev–Trinajstić information content (AvgIpc) is 2.11. The lowest BCUT2D eigenvalue weighted by Crippen LogP contribution is -2.54. The van der Waals surface area contributed by atoms with E-state index in [9.17, 15) is 14.7 Å². The van der Waals surface area contributed by atoms with Gasteiger partial charge in [-0.05, 0) is 6.92 Å². The zero-order valence-corrected chi connectivity index (χ0v) is 8.04. The van der Waals surface area contributed by atoms with E-state index in [0.717, 1.165) is 0 Å². The van der Waals surface area contributed by atoms with Gasteiger partial charge in [0.05, 0.1) is 12.1 Å². The van der Waals surface area contributed by atoms with Gasteiger partial charge in [-0.1, -0.05) is 0 Å². The van der Waals surface area contributed by atoms with Crippen LogP contribution in [0.4, 0.5) is 0 Å². The van der Waals surface area contributed by atoms with Crippen molar-refractivity contribution in [3.05, 3.63) is 0 Å². The van der Waals surface area contributed by atoms with E-state index in [1.165, 1.54) is 13.8 Å². The lowest BCUT2D eigenvalue weighted by molar-refractivity contribution is -0.126. The highest BCUT2D eigenvalue weighted by molar-refractivity contribution is 5.74. The first-order valence-electron chi connectivity index (χ1n) is 4.16. The molecule has 0 spiro atoms. The molecule has 0 heterocycles. The third kappa shape index (κ3) is 3.82. The quantitative estimate of drug-likeness (QED) is 0.381. The topological polar surface area (TPSA) is 107 Å². The molecule has 4 N–H and O–H groups in total. The van der Waals surface area contributed by atoms with Gasteiger partial charge in [0.1, 0.15) is 12.2 Å². The number of amides is 1. The number of carbonyl (C=O) groups is 2. The predicted octanol–water partition coefficient (Wildman–Crippen LogP) is -2.21. The van der Waals surface area contributed by atoms with Gasteiger partial charge in [0, 0.05) is 6.92 Å². The van der Waals surface area contributed by atoms with Gasteiger partial charge in [0.25, 0.3) is 0 Å². The molecule has 0 bridgehead atoms. The normalized spacial score (nSPS) is 19.2. The molecule has 0 aliphatic carbocycles. The molecule has 14 heavy (non-hydrogen) atoms. The Labute approximate surface area is 81.5 Å². The van der Waals surface area contributed by atoms with Crippen LogP contribution >= 0.6 is 0 Å². The molecule has 0 fully saturated rings. The third-order valence-corrected chi connectivity index (χ3v) is 1.74.